The second kappa shape index (κ2) is 8.47. The summed E-state index contributed by atoms with van der Waals surface area (Å²) in [6.07, 6.45) is 2.06. The minimum atomic E-state index is 0.434. The van der Waals surface area contributed by atoms with Gasteiger partial charge in [0.15, 0.2) is 5.96 Å². The molecule has 0 aliphatic carbocycles. The van der Waals surface area contributed by atoms with Crippen LogP contribution in [0, 0.1) is 0 Å². The average molecular weight is 301 g/mol. The van der Waals surface area contributed by atoms with E-state index in [4.69, 9.17) is 5.73 Å². The molecule has 4 heteroatoms. The zero-order valence-corrected chi connectivity index (χ0v) is 13.3. The Balaban J connectivity index is 1.78. The number of hydrogen-bond donors (Lipinski definition) is 2. The van der Waals surface area contributed by atoms with E-state index < -0.39 is 0 Å². The number of hydrogen-bond acceptors (Lipinski definition) is 2. The predicted octanol–water partition coefficient (Wildman–Crippen LogP) is 3.39. The number of rotatable bonds is 7. The lowest BCUT2D eigenvalue weighted by Gasteiger charge is -2.13. The van der Waals surface area contributed by atoms with Gasteiger partial charge in [0.1, 0.15) is 0 Å². The van der Waals surface area contributed by atoms with Gasteiger partial charge in [0.25, 0.3) is 0 Å². The van der Waals surface area contributed by atoms with Crippen molar-refractivity contribution in [1.29, 1.82) is 0 Å². The van der Waals surface area contributed by atoms with Crippen molar-refractivity contribution >= 4 is 17.3 Å². The number of benzene rings is 1. The van der Waals surface area contributed by atoms with Crippen molar-refractivity contribution in [2.45, 2.75) is 25.7 Å². The van der Waals surface area contributed by atoms with Crippen molar-refractivity contribution in [1.82, 2.24) is 5.32 Å². The molecule has 0 aliphatic heterocycles. The van der Waals surface area contributed by atoms with E-state index in [0.29, 0.717) is 11.9 Å². The molecule has 0 amide bonds. The molecular formula is C17H23N3S. The lowest BCUT2D eigenvalue weighted by Crippen LogP contribution is -2.33. The second-order valence-corrected chi connectivity index (χ2v) is 6.03. The summed E-state index contributed by atoms with van der Waals surface area (Å²) in [6, 6.07) is 14.7. The molecule has 1 unspecified atom stereocenters. The molecule has 1 aromatic carbocycles. The Morgan fingerprint density at radius 2 is 2.05 bits per heavy atom. The highest BCUT2D eigenvalue weighted by atomic mass is 32.1. The van der Waals surface area contributed by atoms with Gasteiger partial charge in [0.2, 0.25) is 0 Å². The summed E-state index contributed by atoms with van der Waals surface area (Å²) in [5, 5.41) is 5.28. The first-order chi connectivity index (χ1) is 10.3. The van der Waals surface area contributed by atoms with Crippen molar-refractivity contribution in [2.75, 3.05) is 13.1 Å². The smallest absolute Gasteiger partial charge is 0.188 e. The maximum Gasteiger partial charge on any atom is 0.188 e. The minimum Gasteiger partial charge on any atom is -0.370 e. The van der Waals surface area contributed by atoms with E-state index in [1.165, 1.54) is 10.4 Å². The highest BCUT2D eigenvalue weighted by Crippen LogP contribution is 2.19. The largest absolute Gasteiger partial charge is 0.370 e. The summed E-state index contributed by atoms with van der Waals surface area (Å²) >= 11 is 1.77. The third-order valence-corrected chi connectivity index (χ3v) is 4.44. The number of thiophene rings is 1. The van der Waals surface area contributed by atoms with Crippen molar-refractivity contribution in [3.05, 3.63) is 58.3 Å². The minimum absolute atomic E-state index is 0.434. The molecule has 0 saturated carbocycles. The Hall–Kier alpha value is -1.81. The van der Waals surface area contributed by atoms with Crippen molar-refractivity contribution < 1.29 is 0 Å². The topological polar surface area (TPSA) is 50.4 Å². The van der Waals surface area contributed by atoms with Crippen LogP contribution in [0.5, 0.6) is 0 Å². The van der Waals surface area contributed by atoms with E-state index in [0.717, 1.165) is 25.9 Å². The van der Waals surface area contributed by atoms with E-state index >= 15 is 0 Å². The fraction of sp³-hybridized carbons (Fsp3) is 0.353. The lowest BCUT2D eigenvalue weighted by atomic mass is 9.97. The summed E-state index contributed by atoms with van der Waals surface area (Å²) < 4.78 is 0. The summed E-state index contributed by atoms with van der Waals surface area (Å²) in [6.45, 7) is 3.75. The van der Waals surface area contributed by atoms with Crippen LogP contribution in [0.2, 0.25) is 0 Å². The molecule has 1 heterocycles. The highest BCUT2D eigenvalue weighted by Gasteiger charge is 2.08. The third-order valence-electron chi connectivity index (χ3n) is 3.50. The predicted molar refractivity (Wildman–Crippen MR) is 92.0 cm³/mol. The Bertz CT molecular complexity index is 534. The van der Waals surface area contributed by atoms with Crippen molar-refractivity contribution in [2.24, 2.45) is 10.7 Å². The van der Waals surface area contributed by atoms with Crippen LogP contribution in [0.25, 0.3) is 0 Å². The standard InChI is InChI=1S/C17H23N3S/c1-2-14(15-7-4-3-5-8-15)13-20-17(18)19-11-10-16-9-6-12-21-16/h3-9,12,14H,2,10-11,13H2,1H3,(H3,18,19,20). The Labute approximate surface area is 130 Å². The van der Waals surface area contributed by atoms with E-state index in [2.05, 4.69) is 59.0 Å². The molecule has 112 valence electrons. The molecule has 0 spiro atoms. The maximum atomic E-state index is 5.94. The average Bonchev–Trinajstić information content (AvgIpc) is 3.02. The Morgan fingerprint density at radius 3 is 2.71 bits per heavy atom. The molecule has 1 atom stereocenters. The molecule has 3 nitrogen and oxygen atoms in total. The van der Waals surface area contributed by atoms with Crippen LogP contribution in [-0.4, -0.2) is 19.0 Å². The fourth-order valence-electron chi connectivity index (χ4n) is 2.23. The van der Waals surface area contributed by atoms with E-state index in [9.17, 15) is 0 Å². The molecule has 3 N–H and O–H groups in total. The van der Waals surface area contributed by atoms with Crippen LogP contribution in [0.3, 0.4) is 0 Å². The Kier molecular flexibility index (Phi) is 6.28. The molecule has 2 rings (SSSR count). The van der Waals surface area contributed by atoms with Crippen LogP contribution in [0.4, 0.5) is 0 Å². The van der Waals surface area contributed by atoms with Gasteiger partial charge in [-0.25, -0.2) is 0 Å². The lowest BCUT2D eigenvalue weighted by molar-refractivity contribution is 0.671. The molecule has 2 aromatic rings. The highest BCUT2D eigenvalue weighted by molar-refractivity contribution is 7.09. The van der Waals surface area contributed by atoms with E-state index in [1.807, 2.05) is 6.07 Å². The normalized spacial score (nSPS) is 13.1. The quantitative estimate of drug-likeness (QED) is 0.608. The maximum absolute atomic E-state index is 5.94. The van der Waals surface area contributed by atoms with Gasteiger partial charge in [0.05, 0.1) is 0 Å². The summed E-state index contributed by atoms with van der Waals surface area (Å²) in [4.78, 5) is 5.84. The summed E-state index contributed by atoms with van der Waals surface area (Å²) in [7, 11) is 0. The number of nitrogens with two attached hydrogens (primary N) is 1. The number of guanidine groups is 1. The zero-order chi connectivity index (χ0) is 14.9. The number of aliphatic imine (C=N–C) groups is 1. The van der Waals surface area contributed by atoms with Gasteiger partial charge in [-0.3, -0.25) is 4.99 Å². The molecule has 0 aliphatic rings. The van der Waals surface area contributed by atoms with E-state index in [-0.39, 0.29) is 0 Å². The zero-order valence-electron chi connectivity index (χ0n) is 12.5. The SMILES string of the molecule is CCC(CN=C(N)NCCc1cccs1)c1ccccc1. The van der Waals surface area contributed by atoms with Gasteiger partial charge in [-0.05, 0) is 29.9 Å². The molecule has 0 bridgehead atoms. The molecule has 0 fully saturated rings. The first-order valence-corrected chi connectivity index (χ1v) is 8.28. The molecule has 0 radical (unpaired) electrons. The van der Waals surface area contributed by atoms with Crippen LogP contribution < -0.4 is 11.1 Å². The summed E-state index contributed by atoms with van der Waals surface area (Å²) in [5.41, 5.74) is 7.27. The number of nitrogens with zero attached hydrogens (tertiary/aromatic N) is 1. The van der Waals surface area contributed by atoms with Gasteiger partial charge in [0, 0.05) is 23.9 Å². The van der Waals surface area contributed by atoms with Gasteiger partial charge in [-0.15, -0.1) is 11.3 Å². The van der Waals surface area contributed by atoms with E-state index in [1.54, 1.807) is 11.3 Å². The van der Waals surface area contributed by atoms with Crippen LogP contribution >= 0.6 is 11.3 Å². The fourth-order valence-corrected chi connectivity index (χ4v) is 2.94. The third kappa shape index (κ3) is 5.23. The van der Waals surface area contributed by atoms with Gasteiger partial charge in [-0.1, -0.05) is 43.3 Å². The first kappa shape index (κ1) is 15.6. The first-order valence-electron chi connectivity index (χ1n) is 7.40. The van der Waals surface area contributed by atoms with Crippen LogP contribution in [-0.2, 0) is 6.42 Å². The van der Waals surface area contributed by atoms with Crippen LogP contribution in [0.1, 0.15) is 29.7 Å². The van der Waals surface area contributed by atoms with Gasteiger partial charge in [-0.2, -0.15) is 0 Å². The molecular weight excluding hydrogens is 278 g/mol. The monoisotopic (exact) mass is 301 g/mol. The van der Waals surface area contributed by atoms with Gasteiger partial charge >= 0.3 is 0 Å². The van der Waals surface area contributed by atoms with Crippen LogP contribution in [0.15, 0.2) is 52.8 Å². The van der Waals surface area contributed by atoms with Crippen molar-refractivity contribution in [3.63, 3.8) is 0 Å². The number of nitrogens with one attached hydrogen (secondary N) is 1. The second-order valence-electron chi connectivity index (χ2n) is 5.00. The molecule has 21 heavy (non-hydrogen) atoms. The Morgan fingerprint density at radius 1 is 1.24 bits per heavy atom. The molecule has 0 saturated heterocycles. The van der Waals surface area contributed by atoms with Crippen molar-refractivity contribution in [3.8, 4) is 0 Å². The van der Waals surface area contributed by atoms with Gasteiger partial charge < -0.3 is 11.1 Å². The molecule has 1 aromatic heterocycles. The summed E-state index contributed by atoms with van der Waals surface area (Å²) in [5.74, 6) is 0.977.